The molecule has 21 heavy (non-hydrogen) atoms. The lowest BCUT2D eigenvalue weighted by atomic mass is 9.76. The number of phenolic OH excluding ortho intramolecular Hbond substituents is 1. The summed E-state index contributed by atoms with van der Waals surface area (Å²) in [6, 6.07) is 1.74. The number of hydrogen-bond acceptors (Lipinski definition) is 5. The molecule has 0 aliphatic carbocycles. The monoisotopic (exact) mass is 316 g/mol. The van der Waals surface area contributed by atoms with E-state index in [-0.39, 0.29) is 6.79 Å². The largest absolute Gasteiger partial charge is 0.506 e. The highest BCUT2D eigenvalue weighted by atomic mass is 32.2. The first kappa shape index (κ1) is 16.2. The highest BCUT2D eigenvalue weighted by Crippen LogP contribution is 2.40. The Bertz CT molecular complexity index is 644. The minimum absolute atomic E-state index is 0.211. The highest BCUT2D eigenvalue weighted by molar-refractivity contribution is 7.86. The summed E-state index contributed by atoms with van der Waals surface area (Å²) >= 11 is 0. The Hall–Kier alpha value is -1.15. The van der Waals surface area contributed by atoms with Crippen LogP contribution in [0.1, 0.15) is 30.0 Å². The molecule has 0 saturated carbocycles. The second kappa shape index (κ2) is 5.57. The van der Waals surface area contributed by atoms with E-state index in [0.29, 0.717) is 36.3 Å². The summed E-state index contributed by atoms with van der Waals surface area (Å²) < 4.78 is 43.3. The summed E-state index contributed by atoms with van der Waals surface area (Å²) in [6.45, 7) is 6.15. The van der Waals surface area contributed by atoms with Crippen molar-refractivity contribution in [2.75, 3.05) is 20.0 Å². The minimum atomic E-state index is -4.51. The zero-order valence-corrected chi connectivity index (χ0v) is 13.2. The van der Waals surface area contributed by atoms with Crippen LogP contribution in [0.2, 0.25) is 0 Å². The SMILES string of the molecule is CCC1(c2cc(C)c(O)c(S(=O)(=O)O)c2C)COCOC1. The average molecular weight is 316 g/mol. The van der Waals surface area contributed by atoms with Crippen LogP contribution in [0.4, 0.5) is 0 Å². The quantitative estimate of drug-likeness (QED) is 0.827. The van der Waals surface area contributed by atoms with Gasteiger partial charge in [0.25, 0.3) is 10.1 Å². The molecular weight excluding hydrogens is 296 g/mol. The molecule has 0 unspecified atom stereocenters. The minimum Gasteiger partial charge on any atom is -0.506 e. The van der Waals surface area contributed by atoms with E-state index in [0.717, 1.165) is 0 Å². The zero-order valence-electron chi connectivity index (χ0n) is 12.3. The maximum Gasteiger partial charge on any atom is 0.298 e. The van der Waals surface area contributed by atoms with Crippen LogP contribution in [-0.2, 0) is 25.0 Å². The van der Waals surface area contributed by atoms with Crippen molar-refractivity contribution in [3.8, 4) is 5.75 Å². The number of rotatable bonds is 3. The van der Waals surface area contributed by atoms with Gasteiger partial charge in [-0.25, -0.2) is 0 Å². The lowest BCUT2D eigenvalue weighted by molar-refractivity contribution is -0.139. The third-order valence-electron chi connectivity index (χ3n) is 4.12. The molecule has 1 fully saturated rings. The number of aryl methyl sites for hydroxylation is 1. The van der Waals surface area contributed by atoms with Crippen LogP contribution in [0.5, 0.6) is 5.75 Å². The van der Waals surface area contributed by atoms with E-state index < -0.39 is 26.2 Å². The molecule has 0 atom stereocenters. The van der Waals surface area contributed by atoms with Gasteiger partial charge >= 0.3 is 0 Å². The van der Waals surface area contributed by atoms with E-state index in [1.165, 1.54) is 0 Å². The molecule has 1 saturated heterocycles. The Labute approximate surface area is 124 Å². The van der Waals surface area contributed by atoms with Gasteiger partial charge in [0.15, 0.2) is 0 Å². The lowest BCUT2D eigenvalue weighted by Gasteiger charge is -2.38. The number of aromatic hydroxyl groups is 1. The van der Waals surface area contributed by atoms with Crippen LogP contribution in [0.25, 0.3) is 0 Å². The molecule has 2 rings (SSSR count). The molecule has 2 N–H and O–H groups in total. The fraction of sp³-hybridized carbons (Fsp3) is 0.571. The number of phenols is 1. The van der Waals surface area contributed by atoms with Gasteiger partial charge in [0.2, 0.25) is 0 Å². The molecule has 7 heteroatoms. The Morgan fingerprint density at radius 3 is 2.33 bits per heavy atom. The van der Waals surface area contributed by atoms with Crippen molar-refractivity contribution >= 4 is 10.1 Å². The maximum atomic E-state index is 11.6. The highest BCUT2D eigenvalue weighted by Gasteiger charge is 2.38. The van der Waals surface area contributed by atoms with Crippen molar-refractivity contribution in [3.05, 3.63) is 22.8 Å². The molecule has 0 aromatic heterocycles. The van der Waals surface area contributed by atoms with Crippen LogP contribution in [0.15, 0.2) is 11.0 Å². The summed E-state index contributed by atoms with van der Waals surface area (Å²) in [6.07, 6.45) is 0.684. The molecule has 1 aromatic rings. The van der Waals surface area contributed by atoms with Crippen LogP contribution in [0, 0.1) is 13.8 Å². The maximum absolute atomic E-state index is 11.6. The first-order valence-corrected chi connectivity index (χ1v) is 8.13. The van der Waals surface area contributed by atoms with Gasteiger partial charge in [0.05, 0.1) is 13.2 Å². The van der Waals surface area contributed by atoms with E-state index in [4.69, 9.17) is 9.47 Å². The molecule has 1 aromatic carbocycles. The van der Waals surface area contributed by atoms with Crippen LogP contribution in [-0.4, -0.2) is 38.1 Å². The Balaban J connectivity index is 2.73. The second-order valence-corrected chi connectivity index (χ2v) is 6.83. The van der Waals surface area contributed by atoms with Gasteiger partial charge in [-0.15, -0.1) is 0 Å². The molecule has 0 amide bonds. The number of benzene rings is 1. The van der Waals surface area contributed by atoms with Crippen LogP contribution in [0.3, 0.4) is 0 Å². The average Bonchev–Trinajstić information content (AvgIpc) is 2.42. The third kappa shape index (κ3) is 2.78. The first-order chi connectivity index (χ1) is 9.73. The van der Waals surface area contributed by atoms with E-state index in [9.17, 15) is 18.1 Å². The van der Waals surface area contributed by atoms with E-state index in [2.05, 4.69) is 0 Å². The first-order valence-electron chi connectivity index (χ1n) is 6.69. The standard InChI is InChI=1S/C14H20O6S/c1-4-14(6-19-8-20-7-14)11-5-9(2)12(15)13(10(11)3)21(16,17)18/h5,15H,4,6-8H2,1-3H3,(H,16,17,18). The fourth-order valence-corrected chi connectivity index (χ4v) is 3.77. The van der Waals surface area contributed by atoms with E-state index in [1.807, 2.05) is 6.92 Å². The number of hydrogen-bond donors (Lipinski definition) is 2. The molecule has 0 spiro atoms. The molecule has 6 nitrogen and oxygen atoms in total. The topological polar surface area (TPSA) is 93.1 Å². The molecular formula is C14H20O6S. The summed E-state index contributed by atoms with van der Waals surface area (Å²) in [5, 5.41) is 9.99. The molecule has 1 aliphatic rings. The van der Waals surface area contributed by atoms with Crippen molar-refractivity contribution in [3.63, 3.8) is 0 Å². The molecule has 118 valence electrons. The Morgan fingerprint density at radius 1 is 1.29 bits per heavy atom. The Kier molecular flexibility index (Phi) is 4.30. The van der Waals surface area contributed by atoms with Gasteiger partial charge in [0.1, 0.15) is 17.4 Å². The smallest absolute Gasteiger partial charge is 0.298 e. The Morgan fingerprint density at radius 2 is 1.86 bits per heavy atom. The summed E-state index contributed by atoms with van der Waals surface area (Å²) in [4.78, 5) is -0.434. The third-order valence-corrected chi connectivity index (χ3v) is 5.14. The van der Waals surface area contributed by atoms with Gasteiger partial charge < -0.3 is 14.6 Å². The van der Waals surface area contributed by atoms with Gasteiger partial charge in [-0.1, -0.05) is 13.0 Å². The van der Waals surface area contributed by atoms with E-state index in [1.54, 1.807) is 19.9 Å². The van der Waals surface area contributed by atoms with Gasteiger partial charge in [-0.2, -0.15) is 8.42 Å². The van der Waals surface area contributed by atoms with Gasteiger partial charge in [-0.05, 0) is 37.0 Å². The molecule has 1 heterocycles. The lowest BCUT2D eigenvalue weighted by Crippen LogP contribution is -2.41. The van der Waals surface area contributed by atoms with Gasteiger partial charge in [0, 0.05) is 5.41 Å². The van der Waals surface area contributed by atoms with E-state index >= 15 is 0 Å². The normalized spacial score (nSPS) is 18.7. The molecule has 0 radical (unpaired) electrons. The van der Waals surface area contributed by atoms with Crippen molar-refractivity contribution in [1.82, 2.24) is 0 Å². The summed E-state index contributed by atoms with van der Waals surface area (Å²) in [5.74, 6) is -0.414. The summed E-state index contributed by atoms with van der Waals surface area (Å²) in [7, 11) is -4.51. The van der Waals surface area contributed by atoms with Crippen molar-refractivity contribution in [2.45, 2.75) is 37.5 Å². The fourth-order valence-electron chi connectivity index (χ4n) is 2.86. The van der Waals surface area contributed by atoms with Gasteiger partial charge in [-0.3, -0.25) is 4.55 Å². The molecule has 0 bridgehead atoms. The zero-order chi connectivity index (χ0) is 15.8. The van der Waals surface area contributed by atoms with Crippen LogP contribution >= 0.6 is 0 Å². The van der Waals surface area contributed by atoms with Crippen LogP contribution < -0.4 is 0 Å². The summed E-state index contributed by atoms with van der Waals surface area (Å²) in [5.41, 5.74) is 0.950. The predicted molar refractivity (Wildman–Crippen MR) is 76.1 cm³/mol. The molecule has 1 aliphatic heterocycles. The number of ether oxygens (including phenoxy) is 2. The van der Waals surface area contributed by atoms with Crippen molar-refractivity contribution in [2.24, 2.45) is 0 Å². The second-order valence-electron chi connectivity index (χ2n) is 5.47. The predicted octanol–water partition coefficient (Wildman–Crippen LogP) is 1.91. The van der Waals surface area contributed by atoms with Crippen molar-refractivity contribution in [1.29, 1.82) is 0 Å². The van der Waals surface area contributed by atoms with Crippen molar-refractivity contribution < 1.29 is 27.6 Å².